The Morgan fingerprint density at radius 3 is 2.00 bits per heavy atom. The summed E-state index contributed by atoms with van der Waals surface area (Å²) in [5.41, 5.74) is 0. The largest absolute Gasteiger partial charge is 0.350 e. The minimum atomic E-state index is -2.99. The van der Waals surface area contributed by atoms with Gasteiger partial charge in [0.15, 0.2) is 8.38 Å². The quantitative estimate of drug-likeness (QED) is 0.577. The molecule has 5 N–H and O–H groups in total. The van der Waals surface area contributed by atoms with E-state index in [0.29, 0.717) is 19.6 Å². The summed E-state index contributed by atoms with van der Waals surface area (Å²) in [4.78, 5) is 17.3. The second kappa shape index (κ2) is 9.67. The van der Waals surface area contributed by atoms with Crippen molar-refractivity contribution in [1.82, 2.24) is 6.15 Å². The Kier molecular flexibility index (Phi) is 11.5. The minimum Gasteiger partial charge on any atom is -0.350 e. The lowest BCUT2D eigenvalue weighted by atomic mass is 10.6. The highest BCUT2D eigenvalue weighted by atomic mass is 31.2. The molecule has 0 unspecified atom stereocenters. The number of rotatable bonds is 8. The molecular formula is C7H21NO5P2. The minimum absolute atomic E-state index is 0. The van der Waals surface area contributed by atoms with Crippen LogP contribution in [-0.2, 0) is 13.6 Å². The van der Waals surface area contributed by atoms with Gasteiger partial charge in [0.1, 0.15) is 0 Å². The Morgan fingerprint density at radius 2 is 1.67 bits per heavy atom. The molecule has 0 heterocycles. The Balaban J connectivity index is 0. The van der Waals surface area contributed by atoms with E-state index in [1.54, 1.807) is 13.8 Å². The summed E-state index contributed by atoms with van der Waals surface area (Å²) in [6.45, 7) is 4.17. The van der Waals surface area contributed by atoms with Gasteiger partial charge in [-0.3, -0.25) is 4.57 Å². The predicted octanol–water partition coefficient (Wildman–Crippen LogP) is 2.10. The Bertz CT molecular complexity index is 180. The van der Waals surface area contributed by atoms with E-state index in [9.17, 15) is 4.57 Å². The monoisotopic (exact) mass is 261 g/mol. The van der Waals surface area contributed by atoms with Crippen molar-refractivity contribution in [2.45, 2.75) is 20.3 Å². The van der Waals surface area contributed by atoms with Crippen LogP contribution >= 0.6 is 16.0 Å². The highest BCUT2D eigenvalue weighted by Crippen LogP contribution is 2.49. The van der Waals surface area contributed by atoms with Crippen molar-refractivity contribution in [2.24, 2.45) is 0 Å². The van der Waals surface area contributed by atoms with E-state index in [-0.39, 0.29) is 18.5 Å². The normalized spacial score (nSPS) is 11.5. The van der Waals surface area contributed by atoms with Crippen LogP contribution in [0.1, 0.15) is 20.3 Å². The van der Waals surface area contributed by atoms with Crippen LogP contribution in [-0.4, -0.2) is 35.3 Å². The van der Waals surface area contributed by atoms with Crippen molar-refractivity contribution >= 4 is 16.0 Å². The first kappa shape index (κ1) is 17.8. The van der Waals surface area contributed by atoms with Crippen molar-refractivity contribution in [3.05, 3.63) is 0 Å². The van der Waals surface area contributed by atoms with E-state index >= 15 is 0 Å². The van der Waals surface area contributed by atoms with Gasteiger partial charge in [0.2, 0.25) is 0 Å². The zero-order chi connectivity index (χ0) is 11.0. The third-order valence-corrected chi connectivity index (χ3v) is 4.33. The van der Waals surface area contributed by atoms with Crippen LogP contribution in [0.3, 0.4) is 0 Å². The van der Waals surface area contributed by atoms with Gasteiger partial charge < -0.3 is 25.0 Å². The molecule has 0 aromatic rings. The van der Waals surface area contributed by atoms with Crippen LogP contribution in [0, 0.1) is 0 Å². The third kappa shape index (κ3) is 9.39. The molecule has 0 atom stereocenters. The molecule has 8 heteroatoms. The van der Waals surface area contributed by atoms with Crippen LogP contribution in [0.2, 0.25) is 0 Å². The Morgan fingerprint density at radius 1 is 1.20 bits per heavy atom. The van der Waals surface area contributed by atoms with Crippen molar-refractivity contribution in [3.63, 3.8) is 0 Å². The van der Waals surface area contributed by atoms with Gasteiger partial charge >= 0.3 is 7.60 Å². The average Bonchev–Trinajstić information content (AvgIpc) is 2.03. The lowest BCUT2D eigenvalue weighted by Gasteiger charge is -2.16. The first-order chi connectivity index (χ1) is 6.54. The summed E-state index contributed by atoms with van der Waals surface area (Å²) in [5.74, 6) is 0. The SMILES string of the molecule is CCOP(=O)(CCCP(O)O)OCC.N. The molecule has 0 bridgehead atoms. The summed E-state index contributed by atoms with van der Waals surface area (Å²) >= 11 is 0. The van der Waals surface area contributed by atoms with Crippen molar-refractivity contribution in [3.8, 4) is 0 Å². The molecule has 0 spiro atoms. The molecule has 0 fully saturated rings. The molecule has 0 aromatic carbocycles. The molecule has 0 rings (SSSR count). The summed E-state index contributed by atoms with van der Waals surface area (Å²) in [6, 6.07) is 0. The molecule has 6 nitrogen and oxygen atoms in total. The van der Waals surface area contributed by atoms with E-state index < -0.39 is 16.0 Å². The number of hydrogen-bond donors (Lipinski definition) is 3. The van der Waals surface area contributed by atoms with Gasteiger partial charge in [0.25, 0.3) is 0 Å². The predicted molar refractivity (Wildman–Crippen MR) is 61.6 cm³/mol. The van der Waals surface area contributed by atoms with Crippen LogP contribution < -0.4 is 6.15 Å². The smallest absolute Gasteiger partial charge is 0.330 e. The zero-order valence-electron chi connectivity index (χ0n) is 9.26. The third-order valence-electron chi connectivity index (χ3n) is 1.44. The summed E-state index contributed by atoms with van der Waals surface area (Å²) in [5, 5.41) is 0. The average molecular weight is 261 g/mol. The topological polar surface area (TPSA) is 111 Å². The molecule has 0 aliphatic carbocycles. The van der Waals surface area contributed by atoms with E-state index in [4.69, 9.17) is 18.8 Å². The molecule has 94 valence electrons. The lowest BCUT2D eigenvalue weighted by Crippen LogP contribution is -2.01. The molecule has 0 radical (unpaired) electrons. The molecule has 0 aromatic heterocycles. The molecule has 0 saturated heterocycles. The maximum absolute atomic E-state index is 11.8. The van der Waals surface area contributed by atoms with Gasteiger partial charge in [-0.2, -0.15) is 0 Å². The fraction of sp³-hybridized carbons (Fsp3) is 1.00. The molecule has 0 aliphatic heterocycles. The van der Waals surface area contributed by atoms with E-state index in [1.807, 2.05) is 0 Å². The van der Waals surface area contributed by atoms with Gasteiger partial charge in [-0.05, 0) is 20.3 Å². The standard InChI is InChI=1S/C7H18O5P2.H3N/c1-3-11-14(10,12-4-2)7-5-6-13(8)9;/h8-9H,3-7H2,1-2H3;1H3. The molecule has 0 aliphatic rings. The van der Waals surface area contributed by atoms with Gasteiger partial charge in [-0.15, -0.1) is 0 Å². The van der Waals surface area contributed by atoms with Gasteiger partial charge in [-0.1, -0.05) is 0 Å². The number of hydrogen-bond acceptors (Lipinski definition) is 6. The van der Waals surface area contributed by atoms with Gasteiger partial charge in [0.05, 0.1) is 19.4 Å². The summed E-state index contributed by atoms with van der Waals surface area (Å²) in [7, 11) is -4.89. The molecule has 0 saturated carbocycles. The van der Waals surface area contributed by atoms with Gasteiger partial charge in [0, 0.05) is 6.16 Å². The maximum Gasteiger partial charge on any atom is 0.330 e. The highest BCUT2D eigenvalue weighted by Gasteiger charge is 2.22. The van der Waals surface area contributed by atoms with Crippen molar-refractivity contribution < 1.29 is 23.4 Å². The molecular weight excluding hydrogens is 240 g/mol. The molecule has 0 amide bonds. The van der Waals surface area contributed by atoms with Crippen LogP contribution in [0.5, 0.6) is 0 Å². The molecule has 15 heavy (non-hydrogen) atoms. The first-order valence-electron chi connectivity index (χ1n) is 4.57. The summed E-state index contributed by atoms with van der Waals surface area (Å²) in [6.07, 6.45) is 0.935. The second-order valence-corrected chi connectivity index (χ2v) is 6.00. The van der Waals surface area contributed by atoms with Crippen LogP contribution in [0.4, 0.5) is 0 Å². The van der Waals surface area contributed by atoms with Crippen LogP contribution in [0.25, 0.3) is 0 Å². The van der Waals surface area contributed by atoms with Crippen LogP contribution in [0.15, 0.2) is 0 Å². The fourth-order valence-electron chi connectivity index (χ4n) is 0.966. The van der Waals surface area contributed by atoms with Gasteiger partial charge in [-0.25, -0.2) is 0 Å². The maximum atomic E-state index is 11.8. The summed E-state index contributed by atoms with van der Waals surface area (Å²) < 4.78 is 21.9. The zero-order valence-corrected chi connectivity index (χ0v) is 11.0. The Hall–Kier alpha value is 0.460. The Labute approximate surface area is 92.0 Å². The van der Waals surface area contributed by atoms with E-state index in [1.165, 1.54) is 0 Å². The van der Waals surface area contributed by atoms with E-state index in [2.05, 4.69) is 0 Å². The second-order valence-electron chi connectivity index (χ2n) is 2.62. The van der Waals surface area contributed by atoms with Crippen molar-refractivity contribution in [1.29, 1.82) is 0 Å². The fourth-order valence-corrected chi connectivity index (χ4v) is 3.32. The van der Waals surface area contributed by atoms with Crippen molar-refractivity contribution in [2.75, 3.05) is 25.5 Å². The lowest BCUT2D eigenvalue weighted by molar-refractivity contribution is 0.220. The first-order valence-corrected chi connectivity index (χ1v) is 7.73. The highest BCUT2D eigenvalue weighted by molar-refractivity contribution is 7.53. The van der Waals surface area contributed by atoms with E-state index in [0.717, 1.165) is 0 Å².